The molecule has 0 radical (unpaired) electrons. The van der Waals surface area contributed by atoms with Gasteiger partial charge >= 0.3 is 17.9 Å². The van der Waals surface area contributed by atoms with Crippen molar-refractivity contribution >= 4 is 24.1 Å². The second kappa shape index (κ2) is 11.3. The number of allylic oxidation sites excluding steroid dienone is 1. The van der Waals surface area contributed by atoms with E-state index in [-0.39, 0.29) is 36.8 Å². The Bertz CT molecular complexity index is 766. The van der Waals surface area contributed by atoms with Crippen LogP contribution in [0.5, 0.6) is 0 Å². The number of nitrogens with zero attached hydrogens (tertiary/aromatic N) is 1. The van der Waals surface area contributed by atoms with Crippen molar-refractivity contribution in [2.75, 3.05) is 20.8 Å². The second-order valence-corrected chi connectivity index (χ2v) is 7.91. The molecule has 0 heterocycles. The average Bonchev–Trinajstić information content (AvgIpc) is 3.40. The van der Waals surface area contributed by atoms with E-state index in [2.05, 4.69) is 16.3 Å². The van der Waals surface area contributed by atoms with E-state index < -0.39 is 11.0 Å². The zero-order chi connectivity index (χ0) is 22.8. The van der Waals surface area contributed by atoms with Crippen molar-refractivity contribution in [3.05, 3.63) is 48.6 Å². The molecule has 164 valence electrons. The van der Waals surface area contributed by atoms with Crippen molar-refractivity contribution in [2.24, 2.45) is 16.3 Å². The lowest BCUT2D eigenvalue weighted by atomic mass is 9.99. The Morgan fingerprint density at radius 2 is 1.77 bits per heavy atom. The fourth-order valence-corrected chi connectivity index (χ4v) is 2.82. The quantitative estimate of drug-likeness (QED) is 0.292. The van der Waals surface area contributed by atoms with Gasteiger partial charge in [-0.1, -0.05) is 36.4 Å². The Balaban J connectivity index is 0.000000311. The first-order chi connectivity index (χ1) is 14.1. The molecule has 2 atom stereocenters. The van der Waals surface area contributed by atoms with Gasteiger partial charge in [0.1, 0.15) is 12.1 Å². The maximum atomic E-state index is 11.7. The minimum absolute atomic E-state index is 0.0162. The number of carbonyl (C=O) groups excluding carboxylic acids is 3. The van der Waals surface area contributed by atoms with Crippen molar-refractivity contribution in [3.8, 4) is 0 Å². The van der Waals surface area contributed by atoms with Crippen LogP contribution >= 0.6 is 0 Å². The van der Waals surface area contributed by atoms with E-state index in [1.807, 2.05) is 30.3 Å². The fourth-order valence-electron chi connectivity index (χ4n) is 2.82. The van der Waals surface area contributed by atoms with Crippen molar-refractivity contribution in [2.45, 2.75) is 39.2 Å². The summed E-state index contributed by atoms with van der Waals surface area (Å²) in [6.45, 7) is 9.13. The Labute approximate surface area is 178 Å². The van der Waals surface area contributed by atoms with Gasteiger partial charge < -0.3 is 14.2 Å². The molecule has 0 aliphatic heterocycles. The Morgan fingerprint density at radius 1 is 1.13 bits per heavy atom. The van der Waals surface area contributed by atoms with Crippen LogP contribution in [0.1, 0.15) is 39.2 Å². The number of benzene rings is 1. The third-order valence-corrected chi connectivity index (χ3v) is 4.38. The number of aliphatic imine (C=N–C) groups is 1. The monoisotopic (exact) mass is 417 g/mol. The summed E-state index contributed by atoms with van der Waals surface area (Å²) in [4.78, 5) is 38.0. The molecule has 1 aromatic carbocycles. The molecular formula is C23H31NO6. The van der Waals surface area contributed by atoms with Crippen LogP contribution in [0.15, 0.2) is 48.0 Å². The first-order valence-electron chi connectivity index (χ1n) is 9.62. The van der Waals surface area contributed by atoms with Crippen LogP contribution in [0.3, 0.4) is 0 Å². The van der Waals surface area contributed by atoms with Gasteiger partial charge in [-0.2, -0.15) is 0 Å². The molecule has 1 saturated carbocycles. The molecule has 0 amide bonds. The van der Waals surface area contributed by atoms with Gasteiger partial charge in [0.25, 0.3) is 0 Å². The van der Waals surface area contributed by atoms with Crippen LogP contribution in [0.2, 0.25) is 0 Å². The van der Waals surface area contributed by atoms with Gasteiger partial charge in [0.15, 0.2) is 0 Å². The molecule has 1 aliphatic rings. The maximum absolute atomic E-state index is 11.7. The van der Waals surface area contributed by atoms with E-state index in [4.69, 9.17) is 9.47 Å². The van der Waals surface area contributed by atoms with Crippen LogP contribution in [-0.4, -0.2) is 50.5 Å². The molecule has 1 fully saturated rings. The molecule has 0 spiro atoms. The summed E-state index contributed by atoms with van der Waals surface area (Å²) < 4.78 is 14.4. The lowest BCUT2D eigenvalue weighted by Crippen LogP contribution is -2.29. The van der Waals surface area contributed by atoms with Crippen molar-refractivity contribution in [1.29, 1.82) is 0 Å². The number of rotatable bonds is 7. The first-order valence-corrected chi connectivity index (χ1v) is 9.62. The number of hydrogen-bond acceptors (Lipinski definition) is 7. The van der Waals surface area contributed by atoms with Gasteiger partial charge in [-0.3, -0.25) is 19.4 Å². The lowest BCUT2D eigenvalue weighted by Gasteiger charge is -2.21. The normalized spacial score (nSPS) is 19.8. The molecule has 0 unspecified atom stereocenters. The summed E-state index contributed by atoms with van der Waals surface area (Å²) in [5.41, 5.74) is -0.294. The largest absolute Gasteiger partial charge is 0.469 e. The summed E-state index contributed by atoms with van der Waals surface area (Å²) >= 11 is 0. The zero-order valence-electron chi connectivity index (χ0n) is 18.3. The summed E-state index contributed by atoms with van der Waals surface area (Å²) in [5, 5.41) is 0. The fraction of sp³-hybridized carbons (Fsp3) is 0.478. The molecule has 0 saturated heterocycles. The lowest BCUT2D eigenvalue weighted by molar-refractivity contribution is -0.162. The Hall–Kier alpha value is -2.96. The van der Waals surface area contributed by atoms with Gasteiger partial charge in [-0.15, -0.1) is 6.58 Å². The highest BCUT2D eigenvalue weighted by Crippen LogP contribution is 2.57. The van der Waals surface area contributed by atoms with Gasteiger partial charge in [0, 0.05) is 6.21 Å². The summed E-state index contributed by atoms with van der Waals surface area (Å²) in [6, 6.07) is 9.60. The molecule has 30 heavy (non-hydrogen) atoms. The van der Waals surface area contributed by atoms with Gasteiger partial charge in [-0.25, -0.2) is 0 Å². The van der Waals surface area contributed by atoms with E-state index >= 15 is 0 Å². The standard InChI is InChI=1S/C13H20O4.C10H11NO2/c1-6-9-7-13(9,11(15)16-5)8-10(14)17-12(2,3)4;1-13-10(12)8-11-7-9-5-3-2-4-6-9/h6,9H,1,7-8H2,2-5H3;2-7H,8H2,1H3/t9-,13-;/m1./s1. The third kappa shape index (κ3) is 8.19. The molecule has 2 rings (SSSR count). The summed E-state index contributed by atoms with van der Waals surface area (Å²) in [6.07, 6.45) is 4.02. The number of esters is 3. The van der Waals surface area contributed by atoms with Gasteiger partial charge in [0.2, 0.25) is 0 Å². The van der Waals surface area contributed by atoms with E-state index in [1.165, 1.54) is 14.2 Å². The molecule has 1 aliphatic carbocycles. The summed E-state index contributed by atoms with van der Waals surface area (Å²) in [5.74, 6) is -1.03. The number of carbonyl (C=O) groups is 3. The van der Waals surface area contributed by atoms with Crippen molar-refractivity contribution in [3.63, 3.8) is 0 Å². The molecule has 0 aromatic heterocycles. The third-order valence-electron chi connectivity index (χ3n) is 4.38. The predicted molar refractivity (Wildman–Crippen MR) is 114 cm³/mol. The molecule has 7 heteroatoms. The van der Waals surface area contributed by atoms with Crippen LogP contribution in [0.4, 0.5) is 0 Å². The van der Waals surface area contributed by atoms with Crippen LogP contribution in [0.25, 0.3) is 0 Å². The summed E-state index contributed by atoms with van der Waals surface area (Å²) in [7, 11) is 2.68. The number of ether oxygens (including phenoxy) is 3. The highest BCUT2D eigenvalue weighted by atomic mass is 16.6. The van der Waals surface area contributed by atoms with Crippen LogP contribution < -0.4 is 0 Å². The topological polar surface area (TPSA) is 91.3 Å². The van der Waals surface area contributed by atoms with Crippen LogP contribution in [-0.2, 0) is 28.6 Å². The molecule has 0 bridgehead atoms. The van der Waals surface area contributed by atoms with Crippen molar-refractivity contribution < 1.29 is 28.6 Å². The molecule has 0 N–H and O–H groups in total. The van der Waals surface area contributed by atoms with E-state index in [9.17, 15) is 14.4 Å². The minimum Gasteiger partial charge on any atom is -0.469 e. The zero-order valence-corrected chi connectivity index (χ0v) is 18.3. The molecule has 1 aromatic rings. The highest BCUT2D eigenvalue weighted by Gasteiger charge is 2.61. The smallest absolute Gasteiger partial charge is 0.327 e. The van der Waals surface area contributed by atoms with Gasteiger partial charge in [0.05, 0.1) is 26.1 Å². The van der Waals surface area contributed by atoms with E-state index in [0.717, 1.165) is 5.56 Å². The number of methoxy groups -OCH3 is 2. The average molecular weight is 418 g/mol. The minimum atomic E-state index is -0.737. The second-order valence-electron chi connectivity index (χ2n) is 7.91. The predicted octanol–water partition coefficient (Wildman–Crippen LogP) is 3.36. The Morgan fingerprint density at radius 3 is 2.23 bits per heavy atom. The number of hydrogen-bond donors (Lipinski definition) is 0. The first kappa shape index (κ1) is 25.1. The van der Waals surface area contributed by atoms with E-state index in [1.54, 1.807) is 33.1 Å². The maximum Gasteiger partial charge on any atom is 0.327 e. The van der Waals surface area contributed by atoms with Crippen molar-refractivity contribution in [1.82, 2.24) is 0 Å². The molecular weight excluding hydrogens is 386 g/mol. The molecule has 7 nitrogen and oxygen atoms in total. The van der Waals surface area contributed by atoms with Gasteiger partial charge in [-0.05, 0) is 38.7 Å². The SMILES string of the molecule is C=C[C@@H]1C[C@]1(CC(=O)OC(C)(C)C)C(=O)OC.COC(=O)CN=Cc1ccccc1. The Kier molecular flexibility index (Phi) is 9.43. The van der Waals surface area contributed by atoms with E-state index in [0.29, 0.717) is 6.42 Å². The highest BCUT2D eigenvalue weighted by molar-refractivity contribution is 5.87. The van der Waals surface area contributed by atoms with Crippen LogP contribution in [0, 0.1) is 11.3 Å².